The molecule has 4 rings (SSSR count). The molecule has 30 heavy (non-hydrogen) atoms. The van der Waals surface area contributed by atoms with Crippen LogP contribution in [0.3, 0.4) is 0 Å². The van der Waals surface area contributed by atoms with Crippen LogP contribution in [0.25, 0.3) is 21.3 Å². The Morgan fingerprint density at radius 1 is 0.767 bits per heavy atom. The van der Waals surface area contributed by atoms with Crippen molar-refractivity contribution in [2.75, 3.05) is 0 Å². The van der Waals surface area contributed by atoms with E-state index >= 15 is 0 Å². The van der Waals surface area contributed by atoms with Crippen LogP contribution in [0.2, 0.25) is 0 Å². The van der Waals surface area contributed by atoms with E-state index in [1.807, 2.05) is 30.3 Å². The van der Waals surface area contributed by atoms with Gasteiger partial charge in [0.05, 0.1) is 20.0 Å². The number of hydrogen-bond donors (Lipinski definition) is 1. The lowest BCUT2D eigenvalue weighted by Gasteiger charge is -2.09. The molecule has 0 aliphatic carbocycles. The molecule has 3 aromatic carbocycles. The lowest BCUT2D eigenvalue weighted by molar-refractivity contribution is 0.577. The fraction of sp³-hybridized carbons (Fsp3) is 0.0500. The number of nitrogens with zero attached hydrogens (tertiary/aromatic N) is 1. The summed E-state index contributed by atoms with van der Waals surface area (Å²) in [7, 11) is -7.11. The summed E-state index contributed by atoms with van der Waals surface area (Å²) in [4.78, 5) is 11.1. The minimum Gasteiger partial charge on any atom is -0.302 e. The third kappa shape index (κ3) is 3.82. The molecule has 0 amide bonds. The quantitative estimate of drug-likeness (QED) is 0.493. The normalized spacial score (nSPS) is 12.3. The highest BCUT2D eigenvalue weighted by Gasteiger charge is 2.25. The molecule has 4 aromatic rings. The first kappa shape index (κ1) is 20.5. The van der Waals surface area contributed by atoms with Gasteiger partial charge in [-0.05, 0) is 41.5 Å². The van der Waals surface area contributed by atoms with Crippen molar-refractivity contribution < 1.29 is 16.8 Å². The molecule has 0 atom stereocenters. The van der Waals surface area contributed by atoms with Crippen LogP contribution in [0.5, 0.6) is 0 Å². The summed E-state index contributed by atoms with van der Waals surface area (Å²) in [6, 6.07) is 19.4. The minimum absolute atomic E-state index is 0.170. The number of benzene rings is 3. The summed E-state index contributed by atoms with van der Waals surface area (Å²) < 4.78 is 54.3. The van der Waals surface area contributed by atoms with Gasteiger partial charge in [-0.3, -0.25) is 4.79 Å². The number of nitrogens with one attached hydrogen (secondary N) is 1. The second kappa shape index (κ2) is 7.47. The Morgan fingerprint density at radius 3 is 2.00 bits per heavy atom. The number of thiazole rings is 1. The van der Waals surface area contributed by atoms with Crippen molar-refractivity contribution in [2.24, 2.45) is 7.05 Å². The first-order chi connectivity index (χ1) is 14.2. The highest BCUT2D eigenvalue weighted by atomic mass is 32.3. The van der Waals surface area contributed by atoms with Gasteiger partial charge < -0.3 is 4.57 Å². The molecule has 0 bridgehead atoms. The zero-order chi connectivity index (χ0) is 21.5. The van der Waals surface area contributed by atoms with Crippen molar-refractivity contribution in [3.63, 3.8) is 0 Å². The van der Waals surface area contributed by atoms with Crippen LogP contribution in [-0.2, 0) is 27.1 Å². The molecule has 0 aliphatic heterocycles. The summed E-state index contributed by atoms with van der Waals surface area (Å²) in [6.45, 7) is 0. The van der Waals surface area contributed by atoms with Gasteiger partial charge in [-0.15, -0.1) is 4.13 Å². The zero-order valence-electron chi connectivity index (χ0n) is 15.6. The van der Waals surface area contributed by atoms with Gasteiger partial charge in [0.1, 0.15) is 0 Å². The van der Waals surface area contributed by atoms with Crippen molar-refractivity contribution in [1.29, 1.82) is 0 Å². The average molecular weight is 461 g/mol. The lowest BCUT2D eigenvalue weighted by Crippen LogP contribution is -2.30. The molecule has 0 radical (unpaired) electrons. The van der Waals surface area contributed by atoms with Gasteiger partial charge in [0.2, 0.25) is 0 Å². The van der Waals surface area contributed by atoms with Crippen LogP contribution in [0.15, 0.2) is 87.4 Å². The zero-order valence-corrected chi connectivity index (χ0v) is 18.1. The van der Waals surface area contributed by atoms with E-state index in [1.54, 1.807) is 23.3 Å². The molecule has 0 spiro atoms. The molecule has 1 aromatic heterocycles. The third-order valence-electron chi connectivity index (χ3n) is 4.57. The molecule has 154 valence electrons. The van der Waals surface area contributed by atoms with Gasteiger partial charge in [-0.25, -0.2) is 16.8 Å². The highest BCUT2D eigenvalue weighted by molar-refractivity contribution is 8.04. The molecule has 0 saturated carbocycles. The Balaban J connectivity index is 1.64. The maximum Gasteiger partial charge on any atom is 0.307 e. The summed E-state index contributed by atoms with van der Waals surface area (Å²) in [5, 5.41) is 0. The molecule has 0 aliphatic rings. The van der Waals surface area contributed by atoms with Gasteiger partial charge in [0.25, 0.3) is 20.0 Å². The van der Waals surface area contributed by atoms with E-state index in [9.17, 15) is 21.6 Å². The van der Waals surface area contributed by atoms with Crippen molar-refractivity contribution in [3.8, 4) is 11.1 Å². The maximum absolute atomic E-state index is 12.7. The monoisotopic (exact) mass is 460 g/mol. The number of aryl methyl sites for hydroxylation is 1. The van der Waals surface area contributed by atoms with E-state index in [2.05, 4.69) is 0 Å². The van der Waals surface area contributed by atoms with Crippen LogP contribution in [-0.4, -0.2) is 21.4 Å². The van der Waals surface area contributed by atoms with Crippen LogP contribution < -0.4 is 9.00 Å². The number of fused-ring (bicyclic) bond motifs is 1. The van der Waals surface area contributed by atoms with E-state index in [0.29, 0.717) is 10.2 Å². The van der Waals surface area contributed by atoms with Crippen molar-refractivity contribution >= 4 is 41.6 Å². The smallest absolute Gasteiger partial charge is 0.302 e. The summed E-state index contributed by atoms with van der Waals surface area (Å²) in [5.74, 6) is 0. The van der Waals surface area contributed by atoms with Crippen molar-refractivity contribution in [2.45, 2.75) is 9.79 Å². The fourth-order valence-electron chi connectivity index (χ4n) is 2.98. The van der Waals surface area contributed by atoms with Gasteiger partial charge in [-0.2, -0.15) is 0 Å². The predicted molar refractivity (Wildman–Crippen MR) is 116 cm³/mol. The van der Waals surface area contributed by atoms with Crippen LogP contribution >= 0.6 is 11.3 Å². The highest BCUT2D eigenvalue weighted by Crippen LogP contribution is 2.24. The van der Waals surface area contributed by atoms with E-state index < -0.39 is 20.0 Å². The van der Waals surface area contributed by atoms with E-state index in [0.717, 1.165) is 22.5 Å². The standard InChI is InChI=1S/C20H16N2O5S3/c1-22-18-12-11-17(13-19(18)28-20(22)23)30(26,27)21-29(24,25)16-9-7-15(8-10-16)14-5-3-2-4-6-14/h2-13,21H,1H3. The Hall–Kier alpha value is -2.79. The Labute approximate surface area is 177 Å². The third-order valence-corrected chi connectivity index (χ3v) is 9.08. The van der Waals surface area contributed by atoms with Crippen LogP contribution in [0, 0.1) is 0 Å². The average Bonchev–Trinajstić information content (AvgIpc) is 3.01. The molecule has 10 heteroatoms. The first-order valence-corrected chi connectivity index (χ1v) is 12.5. The molecular formula is C20H16N2O5S3. The van der Waals surface area contributed by atoms with Gasteiger partial charge in [0.15, 0.2) is 0 Å². The summed E-state index contributed by atoms with van der Waals surface area (Å²) in [6.07, 6.45) is 0. The number of hydrogen-bond acceptors (Lipinski definition) is 6. The number of rotatable bonds is 5. The Bertz CT molecular complexity index is 1500. The Morgan fingerprint density at radius 2 is 1.33 bits per heavy atom. The molecule has 0 fully saturated rings. The largest absolute Gasteiger partial charge is 0.307 e. The maximum atomic E-state index is 12.7. The van der Waals surface area contributed by atoms with Crippen molar-refractivity contribution in [3.05, 3.63) is 82.5 Å². The predicted octanol–water partition coefficient (Wildman–Crippen LogP) is 2.93. The topological polar surface area (TPSA) is 102 Å². The van der Waals surface area contributed by atoms with Gasteiger partial charge in [-0.1, -0.05) is 53.8 Å². The molecule has 0 saturated heterocycles. The second-order valence-corrected chi connectivity index (χ2v) is 11.2. The Kier molecular flexibility index (Phi) is 5.10. The molecule has 1 N–H and O–H groups in total. The number of aromatic nitrogens is 1. The SMILES string of the molecule is Cn1c(=O)sc2cc(S(=O)(=O)NS(=O)(=O)c3ccc(-c4ccccc4)cc3)ccc21. The molecule has 0 unspecified atom stereocenters. The second-order valence-electron chi connectivity index (χ2n) is 6.54. The summed E-state index contributed by atoms with van der Waals surface area (Å²) in [5.41, 5.74) is 2.29. The van der Waals surface area contributed by atoms with Gasteiger partial charge >= 0.3 is 4.87 Å². The first-order valence-electron chi connectivity index (χ1n) is 8.71. The molecule has 7 nitrogen and oxygen atoms in total. The fourth-order valence-corrected chi connectivity index (χ4v) is 6.91. The molecular weight excluding hydrogens is 444 g/mol. The van der Waals surface area contributed by atoms with E-state index in [4.69, 9.17) is 0 Å². The lowest BCUT2D eigenvalue weighted by atomic mass is 10.1. The summed E-state index contributed by atoms with van der Waals surface area (Å²) >= 11 is 0.889. The van der Waals surface area contributed by atoms with Crippen molar-refractivity contribution in [1.82, 2.24) is 8.69 Å². The van der Waals surface area contributed by atoms with E-state index in [1.165, 1.54) is 34.9 Å². The molecule has 1 heterocycles. The minimum atomic E-state index is -4.37. The van der Waals surface area contributed by atoms with Gasteiger partial charge in [0, 0.05) is 7.05 Å². The number of sulfonamides is 2. The van der Waals surface area contributed by atoms with Crippen LogP contribution in [0.4, 0.5) is 0 Å². The van der Waals surface area contributed by atoms with E-state index in [-0.39, 0.29) is 14.7 Å². The van der Waals surface area contributed by atoms with Crippen LogP contribution in [0.1, 0.15) is 0 Å².